The summed E-state index contributed by atoms with van der Waals surface area (Å²) in [6, 6.07) is 16.9. The van der Waals surface area contributed by atoms with E-state index in [1.165, 1.54) is 0 Å². The number of hydroxylamine groups is 2. The van der Waals surface area contributed by atoms with Gasteiger partial charge in [-0.2, -0.15) is 4.98 Å². The monoisotopic (exact) mass is 513 g/mol. The maximum Gasteiger partial charge on any atom is 0.267 e. The van der Waals surface area contributed by atoms with Crippen molar-refractivity contribution in [1.29, 1.82) is 0 Å². The predicted molar refractivity (Wildman–Crippen MR) is 133 cm³/mol. The van der Waals surface area contributed by atoms with Crippen LogP contribution in [0.2, 0.25) is 0 Å². The van der Waals surface area contributed by atoms with Gasteiger partial charge in [-0.1, -0.05) is 42.4 Å². The molecule has 2 aromatic carbocycles. The molecule has 0 saturated carbocycles. The van der Waals surface area contributed by atoms with Gasteiger partial charge < -0.3 is 19.4 Å². The fourth-order valence-electron chi connectivity index (χ4n) is 4.11. The molecule has 11 heteroatoms. The van der Waals surface area contributed by atoms with Crippen LogP contribution in [-0.2, 0) is 11.2 Å². The number of piperidine rings is 1. The number of nitrogens with one attached hydrogen (secondary N) is 1. The second kappa shape index (κ2) is 12.3. The Hall–Kier alpha value is -2.96. The van der Waals surface area contributed by atoms with E-state index in [0.717, 1.165) is 33.4 Å². The van der Waals surface area contributed by atoms with Gasteiger partial charge in [0.2, 0.25) is 11.7 Å². The van der Waals surface area contributed by atoms with Crippen LogP contribution in [0.5, 0.6) is 5.75 Å². The number of carbonyl (C=O) groups excluding carboxylic acids is 1. The molecular weight excluding hydrogens is 482 g/mol. The van der Waals surface area contributed by atoms with E-state index in [9.17, 15) is 15.2 Å². The summed E-state index contributed by atoms with van der Waals surface area (Å²) >= 11 is 1.05. The van der Waals surface area contributed by atoms with Gasteiger partial charge in [-0.25, -0.2) is 5.48 Å². The van der Waals surface area contributed by atoms with Gasteiger partial charge >= 0.3 is 0 Å². The molecule has 1 aromatic heterocycles. The number of hydrogen-bond acceptors (Lipinski definition) is 10. The van der Waals surface area contributed by atoms with Crippen molar-refractivity contribution < 1.29 is 24.5 Å². The van der Waals surface area contributed by atoms with Gasteiger partial charge in [0.1, 0.15) is 11.3 Å². The molecule has 1 aliphatic rings. The molecule has 0 spiro atoms. The summed E-state index contributed by atoms with van der Waals surface area (Å²) in [5, 5.41) is 24.1. The lowest BCUT2D eigenvalue weighted by Gasteiger charge is -2.42. The first kappa shape index (κ1) is 26.1. The Bertz CT molecular complexity index is 1100. The van der Waals surface area contributed by atoms with Crippen LogP contribution in [0, 0.1) is 0 Å². The maximum atomic E-state index is 12.5. The maximum absolute atomic E-state index is 12.5. The highest BCUT2D eigenvalue weighted by Crippen LogP contribution is 2.36. The summed E-state index contributed by atoms with van der Waals surface area (Å²) in [5.74, 6) is 1.23. The van der Waals surface area contributed by atoms with Crippen molar-refractivity contribution in [3.8, 4) is 17.1 Å². The Kier molecular flexibility index (Phi) is 8.94. The third-order valence-corrected chi connectivity index (χ3v) is 7.35. The molecule has 36 heavy (non-hydrogen) atoms. The number of rotatable bonds is 11. The highest BCUT2D eigenvalue weighted by Gasteiger charge is 2.47. The summed E-state index contributed by atoms with van der Waals surface area (Å²) in [6.07, 6.45) is 2.14. The minimum absolute atomic E-state index is 0.408. The molecule has 3 N–H and O–H groups in total. The highest BCUT2D eigenvalue weighted by atomic mass is 32.2. The van der Waals surface area contributed by atoms with Gasteiger partial charge in [0, 0.05) is 30.0 Å². The lowest BCUT2D eigenvalue weighted by molar-refractivity contribution is -0.162. The van der Waals surface area contributed by atoms with E-state index in [0.29, 0.717) is 62.8 Å². The van der Waals surface area contributed by atoms with Crippen molar-refractivity contribution in [2.24, 2.45) is 0 Å². The van der Waals surface area contributed by atoms with Gasteiger partial charge in [-0.15, -0.1) is 4.47 Å². The van der Waals surface area contributed by atoms with Gasteiger partial charge in [0.15, 0.2) is 0 Å². The molecule has 1 fully saturated rings. The SMILES string of the molecule is CCN1CCC(C(=O)NO)(N(O)Sc2ccc(OCCCc3nc(-c4ccccc4)no3)cc2)CC1. The number of hydrogen-bond donors (Lipinski definition) is 3. The van der Waals surface area contributed by atoms with E-state index in [2.05, 4.69) is 22.0 Å². The Morgan fingerprint density at radius 1 is 1.19 bits per heavy atom. The summed E-state index contributed by atoms with van der Waals surface area (Å²) in [7, 11) is 0. The zero-order chi connectivity index (χ0) is 25.4. The lowest BCUT2D eigenvalue weighted by atomic mass is 9.87. The smallest absolute Gasteiger partial charge is 0.267 e. The Morgan fingerprint density at radius 2 is 1.92 bits per heavy atom. The van der Waals surface area contributed by atoms with Crippen molar-refractivity contribution in [3.63, 3.8) is 0 Å². The lowest BCUT2D eigenvalue weighted by Crippen LogP contribution is -2.60. The summed E-state index contributed by atoms with van der Waals surface area (Å²) < 4.78 is 12.1. The number of benzene rings is 2. The molecule has 1 aliphatic heterocycles. The normalized spacial score (nSPS) is 15.7. The van der Waals surface area contributed by atoms with E-state index in [1.807, 2.05) is 54.6 Å². The van der Waals surface area contributed by atoms with Crippen molar-refractivity contribution >= 4 is 17.9 Å². The third-order valence-electron chi connectivity index (χ3n) is 6.34. The Morgan fingerprint density at radius 3 is 2.58 bits per heavy atom. The quantitative estimate of drug-likeness (QED) is 0.151. The fourth-order valence-corrected chi connectivity index (χ4v) is 5.00. The topological polar surface area (TPSA) is 124 Å². The number of aryl methyl sites for hydroxylation is 1. The van der Waals surface area contributed by atoms with E-state index < -0.39 is 11.4 Å². The van der Waals surface area contributed by atoms with Crippen LogP contribution in [0.1, 0.15) is 32.1 Å². The Labute approximate surface area is 214 Å². The second-order valence-corrected chi connectivity index (χ2v) is 9.57. The molecule has 1 amide bonds. The molecular formula is C25H31N5O5S. The van der Waals surface area contributed by atoms with Gasteiger partial charge in [-0.3, -0.25) is 10.0 Å². The van der Waals surface area contributed by atoms with E-state index >= 15 is 0 Å². The zero-order valence-electron chi connectivity index (χ0n) is 20.2. The number of aromatic nitrogens is 2. The van der Waals surface area contributed by atoms with Crippen molar-refractivity contribution in [1.82, 2.24) is 25.0 Å². The van der Waals surface area contributed by atoms with Crippen LogP contribution in [-0.4, -0.2) is 67.6 Å². The van der Waals surface area contributed by atoms with E-state index in [4.69, 9.17) is 9.26 Å². The van der Waals surface area contributed by atoms with Crippen molar-refractivity contribution in [3.05, 3.63) is 60.5 Å². The molecule has 2 heterocycles. The summed E-state index contributed by atoms with van der Waals surface area (Å²) in [6.45, 7) is 4.73. The summed E-state index contributed by atoms with van der Waals surface area (Å²) in [5.41, 5.74) is 1.44. The standard InChI is InChI=1S/C25H31N5O5S/c1-2-29-16-14-25(15-17-29,24(31)27-32)30(33)36-21-12-10-20(11-13-21)34-18-6-9-22-26-23(28-35-22)19-7-4-3-5-8-19/h3-5,7-8,10-13,32-33H,2,6,9,14-18H2,1H3,(H,27,31). The number of nitrogens with zero attached hydrogens (tertiary/aromatic N) is 4. The Balaban J connectivity index is 1.25. The van der Waals surface area contributed by atoms with E-state index in [1.54, 1.807) is 5.48 Å². The molecule has 10 nitrogen and oxygen atoms in total. The van der Waals surface area contributed by atoms with Crippen LogP contribution >= 0.6 is 11.9 Å². The van der Waals surface area contributed by atoms with Crippen LogP contribution in [0.4, 0.5) is 0 Å². The van der Waals surface area contributed by atoms with Crippen LogP contribution in [0.25, 0.3) is 11.4 Å². The number of ether oxygens (including phenoxy) is 1. The molecule has 0 bridgehead atoms. The fraction of sp³-hybridized carbons (Fsp3) is 0.400. The first-order chi connectivity index (χ1) is 17.5. The average Bonchev–Trinajstić information content (AvgIpc) is 3.41. The molecule has 192 valence electrons. The predicted octanol–water partition coefficient (Wildman–Crippen LogP) is 3.81. The number of carbonyl (C=O) groups is 1. The minimum Gasteiger partial charge on any atom is -0.494 e. The van der Waals surface area contributed by atoms with Gasteiger partial charge in [0.05, 0.1) is 6.61 Å². The molecule has 4 rings (SSSR count). The molecule has 1 saturated heterocycles. The second-order valence-electron chi connectivity index (χ2n) is 8.57. The largest absolute Gasteiger partial charge is 0.494 e. The zero-order valence-corrected chi connectivity index (χ0v) is 21.0. The number of amides is 1. The molecule has 3 aromatic rings. The van der Waals surface area contributed by atoms with Crippen molar-refractivity contribution in [2.45, 2.75) is 43.0 Å². The van der Waals surface area contributed by atoms with Gasteiger partial charge in [-0.05, 0) is 62.0 Å². The van der Waals surface area contributed by atoms with Gasteiger partial charge in [0.25, 0.3) is 5.91 Å². The van der Waals surface area contributed by atoms with Crippen LogP contribution in [0.3, 0.4) is 0 Å². The molecule has 0 atom stereocenters. The van der Waals surface area contributed by atoms with Crippen LogP contribution in [0.15, 0.2) is 64.0 Å². The summed E-state index contributed by atoms with van der Waals surface area (Å²) in [4.78, 5) is 19.8. The average molecular weight is 514 g/mol. The number of likely N-dealkylation sites (tertiary alicyclic amines) is 1. The third kappa shape index (κ3) is 6.23. The van der Waals surface area contributed by atoms with Crippen molar-refractivity contribution in [2.75, 3.05) is 26.2 Å². The van der Waals surface area contributed by atoms with E-state index in [-0.39, 0.29) is 0 Å². The minimum atomic E-state index is -1.20. The molecule has 0 aliphatic carbocycles. The highest BCUT2D eigenvalue weighted by molar-refractivity contribution is 7.97. The molecule has 0 unspecified atom stereocenters. The molecule has 0 radical (unpaired) electrons. The first-order valence-corrected chi connectivity index (χ1v) is 12.8. The first-order valence-electron chi connectivity index (χ1n) is 12.0. The van der Waals surface area contributed by atoms with Crippen LogP contribution < -0.4 is 10.2 Å².